The van der Waals surface area contributed by atoms with Gasteiger partial charge in [-0.2, -0.15) is 0 Å². The van der Waals surface area contributed by atoms with Crippen molar-refractivity contribution in [2.45, 2.75) is 26.4 Å². The lowest BCUT2D eigenvalue weighted by molar-refractivity contribution is 0.127. The first-order chi connectivity index (χ1) is 15.0. The van der Waals surface area contributed by atoms with Crippen LogP contribution in [0.4, 0.5) is 10.3 Å². The number of anilines is 1. The van der Waals surface area contributed by atoms with Crippen molar-refractivity contribution in [1.29, 1.82) is 0 Å². The van der Waals surface area contributed by atoms with Crippen molar-refractivity contribution in [2.75, 3.05) is 31.7 Å². The van der Waals surface area contributed by atoms with Gasteiger partial charge in [0.15, 0.2) is 5.82 Å². The quantitative estimate of drug-likeness (QED) is 0.542. The summed E-state index contributed by atoms with van der Waals surface area (Å²) in [5.74, 6) is 2.07. The molecule has 0 saturated carbocycles. The molecule has 1 saturated heterocycles. The minimum atomic E-state index is -0.330. The molecule has 1 aliphatic heterocycles. The van der Waals surface area contributed by atoms with Crippen LogP contribution in [0, 0.1) is 11.7 Å². The Hall–Kier alpha value is -2.71. The van der Waals surface area contributed by atoms with Gasteiger partial charge in [0.05, 0.1) is 19.0 Å². The van der Waals surface area contributed by atoms with E-state index in [1.54, 1.807) is 25.4 Å². The number of hydrogen-bond donors (Lipinski definition) is 0. The molecule has 2 atom stereocenters. The highest BCUT2D eigenvalue weighted by molar-refractivity contribution is 6.31. The Morgan fingerprint density at radius 1 is 1.19 bits per heavy atom. The minimum absolute atomic E-state index is 0.155. The molecule has 0 radical (unpaired) electrons. The van der Waals surface area contributed by atoms with Crippen molar-refractivity contribution in [3.8, 4) is 11.6 Å². The van der Waals surface area contributed by atoms with Crippen LogP contribution in [-0.4, -0.2) is 46.6 Å². The lowest BCUT2D eigenvalue weighted by Crippen LogP contribution is -2.24. The van der Waals surface area contributed by atoms with Crippen LogP contribution in [0.15, 0.2) is 36.5 Å². The maximum absolute atomic E-state index is 13.5. The van der Waals surface area contributed by atoms with Gasteiger partial charge in [0.25, 0.3) is 0 Å². The van der Waals surface area contributed by atoms with E-state index in [1.165, 1.54) is 12.1 Å². The summed E-state index contributed by atoms with van der Waals surface area (Å²) in [6.45, 7) is 6.50. The van der Waals surface area contributed by atoms with Gasteiger partial charge in [-0.25, -0.2) is 9.37 Å². The van der Waals surface area contributed by atoms with E-state index < -0.39 is 0 Å². The molecular weight excluding hydrogens is 421 g/mol. The van der Waals surface area contributed by atoms with Gasteiger partial charge in [-0.3, -0.25) is 4.57 Å². The Balaban J connectivity index is 1.68. The number of pyridine rings is 1. The highest BCUT2D eigenvalue weighted by Crippen LogP contribution is 2.38. The molecule has 164 valence electrons. The van der Waals surface area contributed by atoms with Crippen LogP contribution >= 0.6 is 11.6 Å². The average molecular weight is 446 g/mol. The second kappa shape index (κ2) is 9.20. The third-order valence-electron chi connectivity index (χ3n) is 5.59. The van der Waals surface area contributed by atoms with Crippen molar-refractivity contribution >= 4 is 17.5 Å². The Bertz CT molecular complexity index is 1040. The Labute approximate surface area is 185 Å². The number of ether oxygens (including phenoxy) is 2. The molecule has 9 heteroatoms. The summed E-state index contributed by atoms with van der Waals surface area (Å²) in [7, 11) is 1.58. The van der Waals surface area contributed by atoms with Gasteiger partial charge in [0.1, 0.15) is 12.4 Å². The molecule has 1 fully saturated rings. The van der Waals surface area contributed by atoms with E-state index in [0.717, 1.165) is 17.8 Å². The zero-order valence-electron chi connectivity index (χ0n) is 17.8. The molecular formula is C22H25ClFN5O2. The molecule has 3 heterocycles. The van der Waals surface area contributed by atoms with Crippen molar-refractivity contribution in [2.24, 2.45) is 5.92 Å². The highest BCUT2D eigenvalue weighted by Gasteiger charge is 2.35. The van der Waals surface area contributed by atoms with Crippen LogP contribution in [0.2, 0.25) is 5.02 Å². The fraction of sp³-hybridized carbons (Fsp3) is 0.409. The van der Waals surface area contributed by atoms with Gasteiger partial charge < -0.3 is 14.4 Å². The lowest BCUT2D eigenvalue weighted by atomic mass is 9.90. The first-order valence-electron chi connectivity index (χ1n) is 10.2. The van der Waals surface area contributed by atoms with Crippen molar-refractivity contribution in [1.82, 2.24) is 19.7 Å². The second-order valence-electron chi connectivity index (χ2n) is 7.60. The number of rotatable bonds is 7. The number of nitrogens with zero attached hydrogens (tertiary/aromatic N) is 5. The minimum Gasteiger partial charge on any atom is -0.481 e. The van der Waals surface area contributed by atoms with E-state index in [2.05, 4.69) is 27.0 Å². The molecule has 0 spiro atoms. The normalized spacial score (nSPS) is 18.5. The standard InChI is InChI=1S/C22H25ClFN5O2/c1-4-31-13-20-26-27-22(29(20)16-6-8-21(30-3)25-10-16)28-11-14(2)18(12-28)17-7-5-15(24)9-19(17)23/h5-10,14,18H,4,11-13H2,1-3H3/t14-,18?/m0/s1. The van der Waals surface area contributed by atoms with Crippen molar-refractivity contribution in [3.63, 3.8) is 0 Å². The predicted octanol–water partition coefficient (Wildman–Crippen LogP) is 4.24. The zero-order valence-corrected chi connectivity index (χ0v) is 18.5. The van der Waals surface area contributed by atoms with E-state index in [1.807, 2.05) is 17.6 Å². The van der Waals surface area contributed by atoms with Crippen molar-refractivity contribution in [3.05, 3.63) is 58.8 Å². The van der Waals surface area contributed by atoms with E-state index in [0.29, 0.717) is 48.4 Å². The van der Waals surface area contributed by atoms with E-state index in [4.69, 9.17) is 21.1 Å². The Morgan fingerprint density at radius 2 is 2.03 bits per heavy atom. The lowest BCUT2D eigenvalue weighted by Gasteiger charge is -2.20. The summed E-state index contributed by atoms with van der Waals surface area (Å²) in [6, 6.07) is 8.33. The van der Waals surface area contributed by atoms with Crippen LogP contribution in [0.25, 0.3) is 5.69 Å². The van der Waals surface area contributed by atoms with Crippen molar-refractivity contribution < 1.29 is 13.9 Å². The first kappa shape index (κ1) is 21.5. The molecule has 0 bridgehead atoms. The largest absolute Gasteiger partial charge is 0.481 e. The molecule has 7 nitrogen and oxygen atoms in total. The molecule has 2 aromatic heterocycles. The SMILES string of the molecule is CCOCc1nnc(N2CC(c3ccc(F)cc3Cl)[C@@H](C)C2)n1-c1ccc(OC)nc1. The molecule has 0 aliphatic carbocycles. The summed E-state index contributed by atoms with van der Waals surface area (Å²) in [5.41, 5.74) is 1.77. The summed E-state index contributed by atoms with van der Waals surface area (Å²) in [4.78, 5) is 6.51. The predicted molar refractivity (Wildman–Crippen MR) is 117 cm³/mol. The number of hydrogen-bond acceptors (Lipinski definition) is 6. The van der Waals surface area contributed by atoms with E-state index in [-0.39, 0.29) is 11.7 Å². The average Bonchev–Trinajstić information content (AvgIpc) is 3.36. The molecule has 31 heavy (non-hydrogen) atoms. The van der Waals surface area contributed by atoms with Crippen LogP contribution < -0.4 is 9.64 Å². The summed E-state index contributed by atoms with van der Waals surface area (Å²) in [6.07, 6.45) is 1.73. The molecule has 1 unspecified atom stereocenters. The second-order valence-corrected chi connectivity index (χ2v) is 8.01. The number of aromatic nitrogens is 4. The zero-order chi connectivity index (χ0) is 22.0. The first-order valence-corrected chi connectivity index (χ1v) is 10.6. The third kappa shape index (κ3) is 4.36. The maximum atomic E-state index is 13.5. The van der Waals surface area contributed by atoms with Crippen LogP contribution in [-0.2, 0) is 11.3 Å². The molecule has 4 rings (SSSR count). The number of methoxy groups -OCH3 is 1. The topological polar surface area (TPSA) is 65.3 Å². The van der Waals surface area contributed by atoms with Gasteiger partial charge in [-0.1, -0.05) is 24.6 Å². The van der Waals surface area contributed by atoms with E-state index >= 15 is 0 Å². The molecule has 1 aromatic carbocycles. The summed E-state index contributed by atoms with van der Waals surface area (Å²) in [5, 5.41) is 9.31. The van der Waals surface area contributed by atoms with Gasteiger partial charge in [0.2, 0.25) is 11.8 Å². The monoisotopic (exact) mass is 445 g/mol. The summed E-state index contributed by atoms with van der Waals surface area (Å²) < 4.78 is 26.3. The van der Waals surface area contributed by atoms with Gasteiger partial charge in [-0.05, 0) is 36.6 Å². The fourth-order valence-electron chi connectivity index (χ4n) is 4.03. The summed E-state index contributed by atoms with van der Waals surface area (Å²) >= 11 is 6.36. The maximum Gasteiger partial charge on any atom is 0.232 e. The molecule has 3 aromatic rings. The van der Waals surface area contributed by atoms with Gasteiger partial charge >= 0.3 is 0 Å². The molecule has 0 N–H and O–H groups in total. The van der Waals surface area contributed by atoms with Crippen LogP contribution in [0.3, 0.4) is 0 Å². The fourth-order valence-corrected chi connectivity index (χ4v) is 4.33. The number of halogens is 2. The number of benzene rings is 1. The van der Waals surface area contributed by atoms with Gasteiger partial charge in [-0.15, -0.1) is 10.2 Å². The van der Waals surface area contributed by atoms with Gasteiger partial charge in [0, 0.05) is 36.7 Å². The smallest absolute Gasteiger partial charge is 0.232 e. The third-order valence-corrected chi connectivity index (χ3v) is 5.92. The highest BCUT2D eigenvalue weighted by atomic mass is 35.5. The van der Waals surface area contributed by atoms with Crippen LogP contribution in [0.5, 0.6) is 5.88 Å². The van der Waals surface area contributed by atoms with Crippen LogP contribution in [0.1, 0.15) is 31.2 Å². The van der Waals surface area contributed by atoms with E-state index in [9.17, 15) is 4.39 Å². The molecule has 1 aliphatic rings. The Kier molecular flexibility index (Phi) is 6.38. The molecule has 0 amide bonds. The Morgan fingerprint density at radius 3 is 2.71 bits per heavy atom.